The molecule has 8 nitrogen and oxygen atoms in total. The molecule has 2 aromatic heterocycles. The highest BCUT2D eigenvalue weighted by molar-refractivity contribution is 5.78. The fraction of sp³-hybridized carbons (Fsp3) is 0.727. The summed E-state index contributed by atoms with van der Waals surface area (Å²) in [5.74, 6) is 1.70. The Labute approximate surface area is 178 Å². The van der Waals surface area contributed by atoms with E-state index in [-0.39, 0.29) is 6.04 Å². The Morgan fingerprint density at radius 1 is 1.23 bits per heavy atom. The summed E-state index contributed by atoms with van der Waals surface area (Å²) in [5.41, 5.74) is 3.03. The number of carbonyl (C=O) groups is 1. The molecule has 3 fully saturated rings. The largest absolute Gasteiger partial charge is 0.368 e. The third kappa shape index (κ3) is 3.25. The standard InChI is InChI=1S/C22H33N7O/c1-14(2)17-9-19(22-24-23-13-28(22)25-17)27-10-15-8-16(11-27)20(12-26(3)4)29-18(15)6-5-7-21(29)30/h9,13-16,18,20H,5-8,10-12H2,1-4H3/t15-,16+,18+,20+/m1/s1. The van der Waals surface area contributed by atoms with Crippen LogP contribution in [0.1, 0.15) is 51.1 Å². The summed E-state index contributed by atoms with van der Waals surface area (Å²) in [7, 11) is 4.24. The lowest BCUT2D eigenvalue weighted by Gasteiger charge is -2.57. The lowest BCUT2D eigenvalue weighted by atomic mass is 9.72. The summed E-state index contributed by atoms with van der Waals surface area (Å²) in [6, 6.07) is 2.87. The normalized spacial score (nSPS) is 29.2. The molecule has 1 amide bonds. The van der Waals surface area contributed by atoms with E-state index in [9.17, 15) is 4.79 Å². The Morgan fingerprint density at radius 2 is 2.03 bits per heavy atom. The van der Waals surface area contributed by atoms with Crippen molar-refractivity contribution < 1.29 is 4.79 Å². The van der Waals surface area contributed by atoms with Gasteiger partial charge in [0, 0.05) is 38.1 Å². The molecule has 3 aliphatic heterocycles. The average Bonchev–Trinajstić information content (AvgIpc) is 3.19. The number of rotatable bonds is 4. The molecule has 0 radical (unpaired) electrons. The topological polar surface area (TPSA) is 69.9 Å². The number of hydrogen-bond donors (Lipinski definition) is 0. The van der Waals surface area contributed by atoms with Crippen LogP contribution in [0.3, 0.4) is 0 Å². The number of fused-ring (bicyclic) bond motifs is 5. The zero-order valence-electron chi connectivity index (χ0n) is 18.5. The number of anilines is 1. The van der Waals surface area contributed by atoms with Gasteiger partial charge in [0.05, 0.1) is 11.4 Å². The van der Waals surface area contributed by atoms with E-state index >= 15 is 0 Å². The van der Waals surface area contributed by atoms with E-state index in [0.717, 1.165) is 49.5 Å². The van der Waals surface area contributed by atoms with Crippen LogP contribution in [-0.4, -0.2) is 81.3 Å². The van der Waals surface area contributed by atoms with Crippen LogP contribution >= 0.6 is 0 Å². The van der Waals surface area contributed by atoms with Crippen LogP contribution in [0.2, 0.25) is 0 Å². The van der Waals surface area contributed by atoms with Crippen molar-refractivity contribution in [2.75, 3.05) is 38.6 Å². The number of piperidine rings is 3. The summed E-state index contributed by atoms with van der Waals surface area (Å²) in [6.07, 6.45) is 5.79. The Balaban J connectivity index is 1.53. The molecule has 3 aliphatic rings. The molecule has 0 unspecified atom stereocenters. The highest BCUT2D eigenvalue weighted by Crippen LogP contribution is 2.43. The second kappa shape index (κ2) is 7.48. The van der Waals surface area contributed by atoms with Crippen molar-refractivity contribution in [2.45, 2.75) is 57.5 Å². The van der Waals surface area contributed by atoms with Crippen molar-refractivity contribution in [1.82, 2.24) is 29.6 Å². The van der Waals surface area contributed by atoms with E-state index in [1.807, 2.05) is 4.52 Å². The third-order valence-corrected chi connectivity index (χ3v) is 7.25. The van der Waals surface area contributed by atoms with Gasteiger partial charge in [0.25, 0.3) is 0 Å². The van der Waals surface area contributed by atoms with Gasteiger partial charge in [0.1, 0.15) is 6.33 Å². The number of aromatic nitrogens is 4. The highest BCUT2D eigenvalue weighted by Gasteiger charge is 2.49. The van der Waals surface area contributed by atoms with Crippen LogP contribution in [0, 0.1) is 11.8 Å². The molecule has 5 rings (SSSR count). The van der Waals surface area contributed by atoms with Crippen molar-refractivity contribution in [3.8, 4) is 0 Å². The lowest BCUT2D eigenvalue weighted by Crippen LogP contribution is -2.67. The fourth-order valence-electron chi connectivity index (χ4n) is 5.92. The predicted molar refractivity (Wildman–Crippen MR) is 116 cm³/mol. The molecule has 0 spiro atoms. The molecule has 0 aliphatic carbocycles. The van der Waals surface area contributed by atoms with Gasteiger partial charge < -0.3 is 14.7 Å². The van der Waals surface area contributed by atoms with Crippen molar-refractivity contribution in [1.29, 1.82) is 0 Å². The maximum atomic E-state index is 12.9. The first-order valence-electron chi connectivity index (χ1n) is 11.3. The zero-order chi connectivity index (χ0) is 21.0. The van der Waals surface area contributed by atoms with Gasteiger partial charge in [-0.05, 0) is 57.2 Å². The molecule has 2 aromatic rings. The molecule has 8 heteroatoms. The van der Waals surface area contributed by atoms with E-state index < -0.39 is 0 Å². The van der Waals surface area contributed by atoms with Gasteiger partial charge in [-0.15, -0.1) is 10.2 Å². The maximum Gasteiger partial charge on any atom is 0.223 e. The van der Waals surface area contributed by atoms with Crippen LogP contribution in [0.15, 0.2) is 12.4 Å². The van der Waals surface area contributed by atoms with E-state index in [0.29, 0.717) is 36.1 Å². The van der Waals surface area contributed by atoms with E-state index in [1.165, 1.54) is 6.42 Å². The first-order chi connectivity index (χ1) is 14.4. The monoisotopic (exact) mass is 411 g/mol. The zero-order valence-corrected chi connectivity index (χ0v) is 18.5. The molecule has 0 N–H and O–H groups in total. The lowest BCUT2D eigenvalue weighted by molar-refractivity contribution is -0.149. The summed E-state index contributed by atoms with van der Waals surface area (Å²) < 4.78 is 1.82. The molecule has 4 atom stereocenters. The van der Waals surface area contributed by atoms with Gasteiger partial charge in [-0.1, -0.05) is 13.8 Å². The molecule has 0 aromatic carbocycles. The Kier molecular flexibility index (Phi) is 4.92. The highest BCUT2D eigenvalue weighted by atomic mass is 16.2. The molecular weight excluding hydrogens is 378 g/mol. The SMILES string of the molecule is CC(C)c1cc(N2C[C@H]3C[C@@H](C2)[C@H](CN(C)C)N2C(=O)CCC[C@@H]32)c2nncn2n1. The molecule has 2 bridgehead atoms. The quantitative estimate of drug-likeness (QED) is 0.767. The third-order valence-electron chi connectivity index (χ3n) is 7.25. The maximum absolute atomic E-state index is 12.9. The number of carbonyl (C=O) groups excluding carboxylic acids is 1. The predicted octanol–water partition coefficient (Wildman–Crippen LogP) is 2.02. The summed E-state index contributed by atoms with van der Waals surface area (Å²) >= 11 is 0. The molecular formula is C22H33N7O. The molecule has 3 saturated heterocycles. The van der Waals surface area contributed by atoms with Gasteiger partial charge in [-0.2, -0.15) is 9.61 Å². The second-order valence-corrected chi connectivity index (χ2v) is 9.96. The van der Waals surface area contributed by atoms with Crippen LogP contribution in [0.25, 0.3) is 5.65 Å². The van der Waals surface area contributed by atoms with E-state index in [1.54, 1.807) is 6.33 Å². The van der Waals surface area contributed by atoms with Crippen molar-refractivity contribution in [3.63, 3.8) is 0 Å². The van der Waals surface area contributed by atoms with Gasteiger partial charge in [0.2, 0.25) is 11.6 Å². The Bertz CT molecular complexity index is 939. The van der Waals surface area contributed by atoms with Gasteiger partial charge in [-0.3, -0.25) is 4.79 Å². The van der Waals surface area contributed by atoms with Crippen molar-refractivity contribution in [3.05, 3.63) is 18.1 Å². The van der Waals surface area contributed by atoms with Crippen LogP contribution in [0.4, 0.5) is 5.69 Å². The van der Waals surface area contributed by atoms with E-state index in [2.05, 4.69) is 58.9 Å². The smallest absolute Gasteiger partial charge is 0.223 e. The number of amides is 1. The number of nitrogens with zero attached hydrogens (tertiary/aromatic N) is 7. The minimum atomic E-state index is 0.289. The first-order valence-corrected chi connectivity index (χ1v) is 11.3. The molecule has 0 saturated carbocycles. The van der Waals surface area contributed by atoms with Crippen LogP contribution < -0.4 is 4.90 Å². The second-order valence-electron chi connectivity index (χ2n) is 9.96. The van der Waals surface area contributed by atoms with Crippen LogP contribution in [-0.2, 0) is 4.79 Å². The molecule has 5 heterocycles. The minimum absolute atomic E-state index is 0.289. The Morgan fingerprint density at radius 3 is 2.80 bits per heavy atom. The summed E-state index contributed by atoms with van der Waals surface area (Å²) in [6.45, 7) is 7.21. The molecule has 30 heavy (non-hydrogen) atoms. The van der Waals surface area contributed by atoms with Crippen LogP contribution in [0.5, 0.6) is 0 Å². The first kappa shape index (κ1) is 19.7. The van der Waals surface area contributed by atoms with E-state index in [4.69, 9.17) is 5.10 Å². The fourth-order valence-corrected chi connectivity index (χ4v) is 5.92. The number of likely N-dealkylation sites (N-methyl/N-ethyl adjacent to an activating group) is 1. The molecule has 162 valence electrons. The summed E-state index contributed by atoms with van der Waals surface area (Å²) in [4.78, 5) is 20.0. The number of hydrogen-bond acceptors (Lipinski definition) is 6. The van der Waals surface area contributed by atoms with Gasteiger partial charge in [-0.25, -0.2) is 0 Å². The average molecular weight is 412 g/mol. The van der Waals surface area contributed by atoms with Gasteiger partial charge >= 0.3 is 0 Å². The van der Waals surface area contributed by atoms with Crippen molar-refractivity contribution >= 4 is 17.2 Å². The van der Waals surface area contributed by atoms with Crippen molar-refractivity contribution in [2.24, 2.45) is 11.8 Å². The van der Waals surface area contributed by atoms with Gasteiger partial charge in [0.15, 0.2) is 0 Å². The summed E-state index contributed by atoms with van der Waals surface area (Å²) in [5, 5.41) is 13.2. The Hall–Kier alpha value is -2.22. The minimum Gasteiger partial charge on any atom is -0.368 e.